The molecular formula is C24H46O8. The van der Waals surface area contributed by atoms with Gasteiger partial charge in [0.25, 0.3) is 0 Å². The maximum absolute atomic E-state index is 12.3. The van der Waals surface area contributed by atoms with Gasteiger partial charge in [0.05, 0.1) is 45.6 Å². The third-order valence-electron chi connectivity index (χ3n) is 5.02. The van der Waals surface area contributed by atoms with Gasteiger partial charge in [-0.2, -0.15) is 0 Å². The minimum Gasteiger partial charge on any atom is -0.463 e. The van der Waals surface area contributed by atoms with Crippen molar-refractivity contribution in [3.8, 4) is 0 Å². The Morgan fingerprint density at radius 2 is 1.06 bits per heavy atom. The Hall–Kier alpha value is -1.22. The van der Waals surface area contributed by atoms with Crippen LogP contribution in [0.25, 0.3) is 0 Å². The Morgan fingerprint density at radius 3 is 1.53 bits per heavy atom. The summed E-state index contributed by atoms with van der Waals surface area (Å²) < 4.78 is 32.1. The molecule has 0 saturated carbocycles. The monoisotopic (exact) mass is 462 g/mol. The largest absolute Gasteiger partial charge is 0.463 e. The van der Waals surface area contributed by atoms with Crippen molar-refractivity contribution in [2.75, 3.05) is 66.1 Å². The van der Waals surface area contributed by atoms with E-state index in [1.165, 1.54) is 0 Å². The zero-order valence-electron chi connectivity index (χ0n) is 20.7. The summed E-state index contributed by atoms with van der Waals surface area (Å²) >= 11 is 0. The lowest BCUT2D eigenvalue weighted by molar-refractivity contribution is -0.153. The number of unbranched alkanes of at least 4 members (excludes halogenated alkanes) is 2. The molecule has 0 aliphatic heterocycles. The van der Waals surface area contributed by atoms with Gasteiger partial charge in [-0.25, -0.2) is 0 Å². The van der Waals surface area contributed by atoms with Crippen molar-refractivity contribution in [1.82, 2.24) is 0 Å². The first-order valence-electron chi connectivity index (χ1n) is 12.2. The third-order valence-corrected chi connectivity index (χ3v) is 5.02. The summed E-state index contributed by atoms with van der Waals surface area (Å²) in [6.45, 7) is 12.6. The fourth-order valence-electron chi connectivity index (χ4n) is 2.82. The molecule has 32 heavy (non-hydrogen) atoms. The van der Waals surface area contributed by atoms with Gasteiger partial charge in [-0.3, -0.25) is 9.59 Å². The highest BCUT2D eigenvalue weighted by Crippen LogP contribution is 2.21. The van der Waals surface area contributed by atoms with Crippen LogP contribution < -0.4 is 0 Å². The highest BCUT2D eigenvalue weighted by molar-refractivity contribution is 5.75. The predicted molar refractivity (Wildman–Crippen MR) is 123 cm³/mol. The number of carbonyl (C=O) groups is 2. The Kier molecular flexibility index (Phi) is 22.1. The first-order valence-corrected chi connectivity index (χ1v) is 12.2. The fraction of sp³-hybridized carbons (Fsp3) is 0.917. The molecule has 2 atom stereocenters. The summed E-state index contributed by atoms with van der Waals surface area (Å²) in [6, 6.07) is 0. The lowest BCUT2D eigenvalue weighted by Gasteiger charge is -2.20. The summed E-state index contributed by atoms with van der Waals surface area (Å²) in [7, 11) is 0. The van der Waals surface area contributed by atoms with Crippen LogP contribution in [-0.2, 0) is 38.0 Å². The molecule has 0 heterocycles. The SMILES string of the molecule is CCCCOCCOCCOC(=O)CC(CC)C(C)C(=O)OCCOCCOCCCC. The van der Waals surface area contributed by atoms with Gasteiger partial charge < -0.3 is 28.4 Å². The molecule has 0 rings (SSSR count). The molecule has 190 valence electrons. The summed E-state index contributed by atoms with van der Waals surface area (Å²) in [5.74, 6) is -1.17. The van der Waals surface area contributed by atoms with E-state index in [0.717, 1.165) is 38.9 Å². The van der Waals surface area contributed by atoms with Crippen LogP contribution in [-0.4, -0.2) is 78.0 Å². The average Bonchev–Trinajstić information content (AvgIpc) is 2.79. The van der Waals surface area contributed by atoms with Crippen LogP contribution in [0.4, 0.5) is 0 Å². The molecule has 0 saturated heterocycles. The Labute approximate surface area is 194 Å². The zero-order chi connectivity index (χ0) is 23.9. The molecule has 0 aromatic rings. The van der Waals surface area contributed by atoms with Crippen molar-refractivity contribution in [2.24, 2.45) is 11.8 Å². The van der Waals surface area contributed by atoms with Crippen molar-refractivity contribution >= 4 is 11.9 Å². The first-order chi connectivity index (χ1) is 15.6. The molecule has 0 spiro atoms. The van der Waals surface area contributed by atoms with E-state index in [2.05, 4.69) is 13.8 Å². The van der Waals surface area contributed by atoms with Crippen LogP contribution in [0, 0.1) is 11.8 Å². The van der Waals surface area contributed by atoms with Crippen LogP contribution in [0.15, 0.2) is 0 Å². The van der Waals surface area contributed by atoms with Crippen LogP contribution in [0.3, 0.4) is 0 Å². The van der Waals surface area contributed by atoms with Gasteiger partial charge in [-0.05, 0) is 18.8 Å². The second-order valence-corrected chi connectivity index (χ2v) is 7.71. The van der Waals surface area contributed by atoms with E-state index < -0.39 is 0 Å². The second kappa shape index (κ2) is 23.0. The summed E-state index contributed by atoms with van der Waals surface area (Å²) in [5.41, 5.74) is 0. The fourth-order valence-corrected chi connectivity index (χ4v) is 2.82. The van der Waals surface area contributed by atoms with Crippen LogP contribution in [0.5, 0.6) is 0 Å². The lowest BCUT2D eigenvalue weighted by Crippen LogP contribution is -2.27. The van der Waals surface area contributed by atoms with E-state index in [4.69, 9.17) is 28.4 Å². The van der Waals surface area contributed by atoms with Gasteiger partial charge >= 0.3 is 11.9 Å². The van der Waals surface area contributed by atoms with Gasteiger partial charge in [0.1, 0.15) is 13.2 Å². The molecule has 8 heteroatoms. The lowest BCUT2D eigenvalue weighted by atomic mass is 9.89. The molecule has 0 aliphatic carbocycles. The molecule has 0 aliphatic rings. The zero-order valence-corrected chi connectivity index (χ0v) is 20.7. The molecule has 0 bridgehead atoms. The van der Waals surface area contributed by atoms with Gasteiger partial charge in [0.15, 0.2) is 0 Å². The van der Waals surface area contributed by atoms with Gasteiger partial charge in [0.2, 0.25) is 0 Å². The first kappa shape index (κ1) is 30.8. The van der Waals surface area contributed by atoms with Crippen molar-refractivity contribution < 1.29 is 38.0 Å². The van der Waals surface area contributed by atoms with Gasteiger partial charge in [-0.1, -0.05) is 47.0 Å². The molecule has 0 amide bonds. The molecule has 0 radical (unpaired) electrons. The number of carbonyl (C=O) groups excluding carboxylic acids is 2. The predicted octanol–water partition coefficient (Wildman–Crippen LogP) is 3.79. The quantitative estimate of drug-likeness (QED) is 0.167. The summed E-state index contributed by atoms with van der Waals surface area (Å²) in [6.07, 6.45) is 5.17. The molecular weight excluding hydrogens is 416 g/mol. The Bertz CT molecular complexity index is 444. The van der Waals surface area contributed by atoms with Crippen molar-refractivity contribution in [3.05, 3.63) is 0 Å². The van der Waals surface area contributed by atoms with Crippen LogP contribution in [0.1, 0.15) is 66.2 Å². The molecule has 0 N–H and O–H groups in total. The maximum atomic E-state index is 12.3. The van der Waals surface area contributed by atoms with E-state index in [9.17, 15) is 9.59 Å². The molecule has 0 aromatic heterocycles. The topological polar surface area (TPSA) is 89.5 Å². The smallest absolute Gasteiger partial charge is 0.309 e. The molecule has 0 fully saturated rings. The third kappa shape index (κ3) is 18.4. The van der Waals surface area contributed by atoms with E-state index in [-0.39, 0.29) is 43.4 Å². The minimum atomic E-state index is -0.388. The number of hydrogen-bond acceptors (Lipinski definition) is 8. The van der Waals surface area contributed by atoms with E-state index in [1.54, 1.807) is 6.92 Å². The van der Waals surface area contributed by atoms with Crippen molar-refractivity contribution in [3.63, 3.8) is 0 Å². The van der Waals surface area contributed by atoms with E-state index in [1.807, 2.05) is 6.92 Å². The van der Waals surface area contributed by atoms with Crippen LogP contribution >= 0.6 is 0 Å². The normalized spacial score (nSPS) is 13.0. The molecule has 8 nitrogen and oxygen atoms in total. The number of esters is 2. The molecule has 2 unspecified atom stereocenters. The second-order valence-electron chi connectivity index (χ2n) is 7.71. The van der Waals surface area contributed by atoms with E-state index in [0.29, 0.717) is 46.1 Å². The highest BCUT2D eigenvalue weighted by Gasteiger charge is 2.26. The number of ether oxygens (including phenoxy) is 6. The van der Waals surface area contributed by atoms with Crippen LogP contribution in [0.2, 0.25) is 0 Å². The Morgan fingerprint density at radius 1 is 0.625 bits per heavy atom. The van der Waals surface area contributed by atoms with Crippen molar-refractivity contribution in [1.29, 1.82) is 0 Å². The van der Waals surface area contributed by atoms with Crippen molar-refractivity contribution in [2.45, 2.75) is 66.2 Å². The van der Waals surface area contributed by atoms with E-state index >= 15 is 0 Å². The average molecular weight is 463 g/mol. The maximum Gasteiger partial charge on any atom is 0.309 e. The Balaban J connectivity index is 3.82. The standard InChI is InChI=1S/C24H46O8/c1-5-8-10-27-12-14-29-16-18-31-23(25)20-22(7-3)21(4)24(26)32-19-17-30-15-13-28-11-9-6-2/h21-22H,5-20H2,1-4H3. The highest BCUT2D eigenvalue weighted by atomic mass is 16.6. The summed E-state index contributed by atoms with van der Waals surface area (Å²) in [5, 5.41) is 0. The number of rotatable bonds is 23. The summed E-state index contributed by atoms with van der Waals surface area (Å²) in [4.78, 5) is 24.4. The minimum absolute atomic E-state index is 0.129. The van der Waals surface area contributed by atoms with Gasteiger partial charge in [0, 0.05) is 19.6 Å². The van der Waals surface area contributed by atoms with Gasteiger partial charge in [-0.15, -0.1) is 0 Å². The molecule has 0 aromatic carbocycles. The number of hydrogen-bond donors (Lipinski definition) is 0.